The maximum atomic E-state index is 2.54. The van der Waals surface area contributed by atoms with Crippen molar-refractivity contribution in [2.24, 2.45) is 0 Å². The van der Waals surface area contributed by atoms with Crippen LogP contribution in [0.2, 0.25) is 0 Å². The van der Waals surface area contributed by atoms with Gasteiger partial charge in [0.05, 0.1) is 5.69 Å². The number of nitrogens with zero attached hydrogens (tertiary/aromatic N) is 1. The number of hydrogen-bond acceptors (Lipinski definition) is 2. The average Bonchev–Trinajstić information content (AvgIpc) is 3.57. The fourth-order valence-corrected chi connectivity index (χ4v) is 8.94. The molecule has 0 bridgehead atoms. The third kappa shape index (κ3) is 4.09. The summed E-state index contributed by atoms with van der Waals surface area (Å²) in [6, 6.07) is 47.4. The summed E-state index contributed by atoms with van der Waals surface area (Å²) in [4.78, 5) is 5.39. The van der Waals surface area contributed by atoms with E-state index < -0.39 is 0 Å². The van der Waals surface area contributed by atoms with E-state index in [-0.39, 0.29) is 5.41 Å². The molecule has 0 radical (unpaired) electrons. The highest BCUT2D eigenvalue weighted by atomic mass is 32.2. The van der Waals surface area contributed by atoms with E-state index in [1.54, 1.807) is 0 Å². The van der Waals surface area contributed by atoms with Crippen LogP contribution in [0.3, 0.4) is 0 Å². The first-order chi connectivity index (χ1) is 22.1. The van der Waals surface area contributed by atoms with Crippen LogP contribution in [0.4, 0.5) is 17.1 Å². The van der Waals surface area contributed by atoms with Gasteiger partial charge in [-0.1, -0.05) is 135 Å². The van der Waals surface area contributed by atoms with Crippen molar-refractivity contribution < 1.29 is 0 Å². The number of benzene rings is 6. The van der Waals surface area contributed by atoms with Gasteiger partial charge in [0, 0.05) is 38.6 Å². The SMILES string of the molecule is CC1(C)c2ccccc2-c2c1cc1ccccc1c2N(c1ccc(-c2ccccc2)cc1)c1ccc2c(c1)C1CC=CC=C1S2. The molecule has 1 aliphatic heterocycles. The quantitative estimate of drug-likeness (QED) is 0.199. The number of allylic oxidation sites excluding steroid dienone is 4. The summed E-state index contributed by atoms with van der Waals surface area (Å²) in [6.07, 6.45) is 7.89. The zero-order chi connectivity index (χ0) is 30.1. The van der Waals surface area contributed by atoms with E-state index in [2.05, 4.69) is 164 Å². The molecule has 0 amide bonds. The summed E-state index contributed by atoms with van der Waals surface area (Å²) < 4.78 is 0. The second-order valence-corrected chi connectivity index (χ2v) is 14.0. The Hall–Kier alpha value is -4.79. The summed E-state index contributed by atoms with van der Waals surface area (Å²) in [6.45, 7) is 4.76. The highest BCUT2D eigenvalue weighted by Gasteiger charge is 2.39. The standard InChI is InChI=1S/C43H33NS/c1-43(2)37-18-10-8-17-35(37)41-38(43)26-30-14-6-7-15-33(30)42(41)44(31-22-20-29(21-23-31)28-12-4-3-5-13-28)32-24-25-40-36(27-32)34-16-9-11-19-39(34)45-40/h3-15,17-27,34H,16H2,1-2H3. The maximum Gasteiger partial charge on any atom is 0.0621 e. The Morgan fingerprint density at radius 3 is 2.29 bits per heavy atom. The van der Waals surface area contributed by atoms with Crippen LogP contribution in [0.1, 0.15) is 42.9 Å². The predicted molar refractivity (Wildman–Crippen MR) is 192 cm³/mol. The molecule has 2 heteroatoms. The van der Waals surface area contributed by atoms with Crippen molar-refractivity contribution in [3.05, 3.63) is 167 Å². The molecule has 9 rings (SSSR count). The fourth-order valence-electron chi connectivity index (χ4n) is 7.72. The van der Waals surface area contributed by atoms with Crippen molar-refractivity contribution in [2.45, 2.75) is 36.5 Å². The van der Waals surface area contributed by atoms with Crippen LogP contribution in [0.5, 0.6) is 0 Å². The van der Waals surface area contributed by atoms with Gasteiger partial charge >= 0.3 is 0 Å². The predicted octanol–water partition coefficient (Wildman–Crippen LogP) is 12.3. The second kappa shape index (κ2) is 10.1. The highest BCUT2D eigenvalue weighted by molar-refractivity contribution is 8.03. The van der Waals surface area contributed by atoms with Crippen LogP contribution in [0.25, 0.3) is 33.0 Å². The molecule has 0 aromatic heterocycles. The molecule has 45 heavy (non-hydrogen) atoms. The molecule has 1 nitrogen and oxygen atoms in total. The molecule has 0 fully saturated rings. The van der Waals surface area contributed by atoms with Crippen molar-refractivity contribution in [2.75, 3.05) is 4.90 Å². The fraction of sp³-hybridized carbons (Fsp3) is 0.116. The van der Waals surface area contributed by atoms with Crippen LogP contribution in [-0.2, 0) is 5.41 Å². The largest absolute Gasteiger partial charge is 0.309 e. The van der Waals surface area contributed by atoms with Gasteiger partial charge in [0.15, 0.2) is 0 Å². The lowest BCUT2D eigenvalue weighted by Crippen LogP contribution is -2.16. The van der Waals surface area contributed by atoms with Crippen LogP contribution < -0.4 is 4.90 Å². The summed E-state index contributed by atoms with van der Waals surface area (Å²) >= 11 is 1.94. The summed E-state index contributed by atoms with van der Waals surface area (Å²) in [5, 5.41) is 2.55. The van der Waals surface area contributed by atoms with Crippen molar-refractivity contribution in [1.82, 2.24) is 0 Å². The molecule has 0 spiro atoms. The number of fused-ring (bicyclic) bond motifs is 7. The minimum atomic E-state index is -0.101. The molecule has 2 aliphatic carbocycles. The summed E-state index contributed by atoms with van der Waals surface area (Å²) in [5.74, 6) is 0.440. The smallest absolute Gasteiger partial charge is 0.0621 e. The third-order valence-corrected chi connectivity index (χ3v) is 11.2. The second-order valence-electron chi connectivity index (χ2n) is 12.9. The first kappa shape index (κ1) is 26.6. The van der Waals surface area contributed by atoms with Crippen LogP contribution in [-0.4, -0.2) is 0 Å². The molecule has 0 N–H and O–H groups in total. The number of rotatable bonds is 4. The lowest BCUT2D eigenvalue weighted by atomic mass is 9.81. The third-order valence-electron chi connectivity index (χ3n) is 9.99. The molecule has 0 saturated carbocycles. The Kier molecular flexibility index (Phi) is 5.98. The molecule has 1 atom stereocenters. The first-order valence-corrected chi connectivity index (χ1v) is 16.7. The van der Waals surface area contributed by atoms with E-state index in [4.69, 9.17) is 0 Å². The Bertz CT molecular complexity index is 2190. The topological polar surface area (TPSA) is 3.24 Å². The minimum Gasteiger partial charge on any atom is -0.309 e. The van der Waals surface area contributed by atoms with E-state index in [0.717, 1.165) is 6.42 Å². The molecule has 6 aromatic carbocycles. The lowest BCUT2D eigenvalue weighted by molar-refractivity contribution is 0.661. The zero-order valence-electron chi connectivity index (χ0n) is 25.5. The van der Waals surface area contributed by atoms with Gasteiger partial charge in [0.1, 0.15) is 0 Å². The zero-order valence-corrected chi connectivity index (χ0v) is 26.3. The Morgan fingerprint density at radius 2 is 1.42 bits per heavy atom. The average molecular weight is 596 g/mol. The summed E-state index contributed by atoms with van der Waals surface area (Å²) in [5.41, 5.74) is 12.9. The Labute approximate surface area is 269 Å². The van der Waals surface area contributed by atoms with Crippen LogP contribution in [0, 0.1) is 0 Å². The van der Waals surface area contributed by atoms with Crippen LogP contribution >= 0.6 is 11.8 Å². The number of anilines is 3. The summed E-state index contributed by atoms with van der Waals surface area (Å²) in [7, 11) is 0. The van der Waals surface area contributed by atoms with E-state index in [1.807, 2.05) is 11.8 Å². The number of thioether (sulfide) groups is 1. The van der Waals surface area contributed by atoms with E-state index in [9.17, 15) is 0 Å². The van der Waals surface area contributed by atoms with Crippen LogP contribution in [0.15, 0.2) is 155 Å². The highest BCUT2D eigenvalue weighted by Crippen LogP contribution is 2.58. The molecule has 216 valence electrons. The lowest BCUT2D eigenvalue weighted by Gasteiger charge is -2.31. The van der Waals surface area contributed by atoms with Gasteiger partial charge in [-0.25, -0.2) is 0 Å². The van der Waals surface area contributed by atoms with Crippen molar-refractivity contribution in [3.8, 4) is 22.3 Å². The first-order valence-electron chi connectivity index (χ1n) is 15.9. The normalized spacial score (nSPS) is 16.9. The number of hydrogen-bond donors (Lipinski definition) is 0. The van der Waals surface area contributed by atoms with Gasteiger partial charge < -0.3 is 4.90 Å². The van der Waals surface area contributed by atoms with Gasteiger partial charge in [-0.05, 0) is 86.5 Å². The molecule has 3 aliphatic rings. The Morgan fingerprint density at radius 1 is 0.689 bits per heavy atom. The molecular weight excluding hydrogens is 563 g/mol. The van der Waals surface area contributed by atoms with Crippen molar-refractivity contribution in [1.29, 1.82) is 0 Å². The van der Waals surface area contributed by atoms with Gasteiger partial charge in [-0.2, -0.15) is 0 Å². The van der Waals surface area contributed by atoms with E-state index >= 15 is 0 Å². The van der Waals surface area contributed by atoms with Gasteiger partial charge in [-0.15, -0.1) is 0 Å². The molecule has 0 saturated heterocycles. The molecular formula is C43H33NS. The molecule has 1 unspecified atom stereocenters. The maximum absolute atomic E-state index is 2.54. The van der Waals surface area contributed by atoms with E-state index in [0.29, 0.717) is 5.92 Å². The van der Waals surface area contributed by atoms with Gasteiger partial charge in [-0.3, -0.25) is 0 Å². The molecule has 6 aromatic rings. The van der Waals surface area contributed by atoms with Crippen molar-refractivity contribution >= 4 is 39.6 Å². The monoisotopic (exact) mass is 595 g/mol. The van der Waals surface area contributed by atoms with E-state index in [1.165, 1.54) is 76.6 Å². The van der Waals surface area contributed by atoms with Crippen molar-refractivity contribution in [3.63, 3.8) is 0 Å². The van der Waals surface area contributed by atoms with Gasteiger partial charge in [0.25, 0.3) is 0 Å². The molecule has 1 heterocycles. The minimum absolute atomic E-state index is 0.101. The van der Waals surface area contributed by atoms with Gasteiger partial charge in [0.2, 0.25) is 0 Å². The Balaban J connectivity index is 1.33.